The molecule has 4 nitrogen and oxygen atoms in total. The number of rotatable bonds is 6. The van der Waals surface area contributed by atoms with E-state index in [0.29, 0.717) is 23.9 Å². The summed E-state index contributed by atoms with van der Waals surface area (Å²) in [5.41, 5.74) is 7.35. The van der Waals surface area contributed by atoms with Gasteiger partial charge in [-0.3, -0.25) is 0 Å². The van der Waals surface area contributed by atoms with Crippen LogP contribution in [0.1, 0.15) is 37.8 Å². The third-order valence-electron chi connectivity index (χ3n) is 3.91. The summed E-state index contributed by atoms with van der Waals surface area (Å²) in [6.07, 6.45) is 2.28. The van der Waals surface area contributed by atoms with E-state index in [2.05, 4.69) is 0 Å². The van der Waals surface area contributed by atoms with Crippen molar-refractivity contribution in [3.05, 3.63) is 29.3 Å². The normalized spacial score (nSPS) is 16.1. The highest BCUT2D eigenvalue weighted by Gasteiger charge is 2.34. The molecule has 2 rings (SSSR count). The molecule has 0 heterocycles. The van der Waals surface area contributed by atoms with Crippen molar-refractivity contribution in [1.82, 2.24) is 4.31 Å². The zero-order valence-electron chi connectivity index (χ0n) is 12.5. The second kappa shape index (κ2) is 5.84. The average molecular weight is 296 g/mol. The van der Waals surface area contributed by atoms with E-state index < -0.39 is 10.0 Å². The van der Waals surface area contributed by atoms with Crippen LogP contribution in [-0.4, -0.2) is 25.3 Å². The van der Waals surface area contributed by atoms with Crippen LogP contribution in [0.5, 0.6) is 0 Å². The fraction of sp³-hybridized carbons (Fsp3) is 0.600. The molecule has 1 aromatic rings. The van der Waals surface area contributed by atoms with E-state index in [1.807, 2.05) is 26.8 Å². The molecule has 0 aromatic heterocycles. The molecule has 112 valence electrons. The average Bonchev–Trinajstić information content (AvgIpc) is 3.19. The first-order valence-corrected chi connectivity index (χ1v) is 8.62. The van der Waals surface area contributed by atoms with Crippen molar-refractivity contribution in [3.63, 3.8) is 0 Å². The minimum Gasteiger partial charge on any atom is -0.326 e. The maximum Gasteiger partial charge on any atom is 0.243 e. The molecule has 5 heteroatoms. The van der Waals surface area contributed by atoms with Crippen LogP contribution in [0, 0.1) is 12.8 Å². The van der Waals surface area contributed by atoms with Gasteiger partial charge in [-0.1, -0.05) is 12.1 Å². The summed E-state index contributed by atoms with van der Waals surface area (Å²) < 4.78 is 27.5. The van der Waals surface area contributed by atoms with Crippen molar-refractivity contribution in [1.29, 1.82) is 0 Å². The van der Waals surface area contributed by atoms with Crippen LogP contribution in [0.2, 0.25) is 0 Å². The number of nitrogens with zero attached hydrogens (tertiary/aromatic N) is 1. The Hall–Kier alpha value is -0.910. The zero-order chi connectivity index (χ0) is 14.9. The Balaban J connectivity index is 2.41. The second-order valence-corrected chi connectivity index (χ2v) is 7.72. The molecule has 0 radical (unpaired) electrons. The number of benzene rings is 1. The number of nitrogens with two attached hydrogens (primary N) is 1. The molecule has 1 aliphatic rings. The van der Waals surface area contributed by atoms with Gasteiger partial charge in [0.2, 0.25) is 10.0 Å². The van der Waals surface area contributed by atoms with Gasteiger partial charge in [-0.15, -0.1) is 0 Å². The summed E-state index contributed by atoms with van der Waals surface area (Å²) in [7, 11) is -3.44. The van der Waals surface area contributed by atoms with Crippen LogP contribution >= 0.6 is 0 Å². The first-order valence-electron chi connectivity index (χ1n) is 7.18. The Kier molecular flexibility index (Phi) is 4.52. The van der Waals surface area contributed by atoms with Gasteiger partial charge < -0.3 is 5.73 Å². The fourth-order valence-electron chi connectivity index (χ4n) is 2.43. The second-order valence-electron chi connectivity index (χ2n) is 5.86. The summed E-state index contributed by atoms with van der Waals surface area (Å²) in [5.74, 6) is 0.533. The molecule has 0 saturated heterocycles. The lowest BCUT2D eigenvalue weighted by Crippen LogP contribution is -2.38. The number of hydrogen-bond donors (Lipinski definition) is 1. The number of hydrogen-bond acceptors (Lipinski definition) is 3. The molecule has 1 fully saturated rings. The SMILES string of the molecule is Cc1c(CN)cccc1S(=O)(=O)N(CC1CC1)C(C)C. The Labute approximate surface area is 122 Å². The van der Waals surface area contributed by atoms with Crippen LogP contribution in [0.15, 0.2) is 23.1 Å². The predicted octanol–water partition coefficient (Wildman–Crippen LogP) is 2.26. The Bertz CT molecular complexity index is 578. The molecule has 0 spiro atoms. The predicted molar refractivity (Wildman–Crippen MR) is 80.8 cm³/mol. The summed E-state index contributed by atoms with van der Waals surface area (Å²) in [6.45, 7) is 6.70. The molecule has 2 N–H and O–H groups in total. The molecular weight excluding hydrogens is 272 g/mol. The number of sulfonamides is 1. The third-order valence-corrected chi connectivity index (χ3v) is 6.10. The first-order chi connectivity index (χ1) is 9.37. The van der Waals surface area contributed by atoms with Crippen LogP contribution in [0.25, 0.3) is 0 Å². The van der Waals surface area contributed by atoms with Crippen LogP contribution in [0.4, 0.5) is 0 Å². The molecule has 0 unspecified atom stereocenters. The van der Waals surface area contributed by atoms with Crippen LogP contribution in [0.3, 0.4) is 0 Å². The maximum atomic E-state index is 12.9. The molecule has 0 amide bonds. The van der Waals surface area contributed by atoms with Gasteiger partial charge in [0.15, 0.2) is 0 Å². The quantitative estimate of drug-likeness (QED) is 0.876. The Morgan fingerprint density at radius 2 is 2.00 bits per heavy atom. The fourth-order valence-corrected chi connectivity index (χ4v) is 4.41. The minimum atomic E-state index is -3.44. The molecular formula is C15H24N2O2S. The van der Waals surface area contributed by atoms with Crippen molar-refractivity contribution in [2.45, 2.75) is 51.1 Å². The van der Waals surface area contributed by atoms with Crippen molar-refractivity contribution < 1.29 is 8.42 Å². The smallest absolute Gasteiger partial charge is 0.243 e. The molecule has 20 heavy (non-hydrogen) atoms. The summed E-state index contributed by atoms with van der Waals surface area (Å²) in [4.78, 5) is 0.398. The molecule has 0 atom stereocenters. The van der Waals surface area contributed by atoms with E-state index in [-0.39, 0.29) is 6.04 Å². The highest BCUT2D eigenvalue weighted by atomic mass is 32.2. The van der Waals surface area contributed by atoms with E-state index in [1.165, 1.54) is 0 Å². The topological polar surface area (TPSA) is 63.4 Å². The van der Waals surface area contributed by atoms with Crippen LogP contribution in [-0.2, 0) is 16.6 Å². The van der Waals surface area contributed by atoms with Crippen molar-refractivity contribution >= 4 is 10.0 Å². The highest BCUT2D eigenvalue weighted by molar-refractivity contribution is 7.89. The zero-order valence-corrected chi connectivity index (χ0v) is 13.3. The van der Waals surface area contributed by atoms with Gasteiger partial charge in [0, 0.05) is 19.1 Å². The maximum absolute atomic E-state index is 12.9. The van der Waals surface area contributed by atoms with E-state index in [1.54, 1.807) is 16.4 Å². The Morgan fingerprint density at radius 3 is 2.50 bits per heavy atom. The minimum absolute atomic E-state index is 0.0264. The van der Waals surface area contributed by atoms with Crippen LogP contribution < -0.4 is 5.73 Å². The van der Waals surface area contributed by atoms with Gasteiger partial charge in [0.05, 0.1) is 4.90 Å². The van der Waals surface area contributed by atoms with Crippen molar-refractivity contribution in [3.8, 4) is 0 Å². The van der Waals surface area contributed by atoms with Gasteiger partial charge in [-0.25, -0.2) is 8.42 Å². The van der Waals surface area contributed by atoms with Crippen molar-refractivity contribution in [2.75, 3.05) is 6.54 Å². The van der Waals surface area contributed by atoms with Gasteiger partial charge in [-0.05, 0) is 56.7 Å². The molecule has 1 aromatic carbocycles. The van der Waals surface area contributed by atoms with Crippen molar-refractivity contribution in [2.24, 2.45) is 11.7 Å². The molecule has 1 saturated carbocycles. The van der Waals surface area contributed by atoms with Gasteiger partial charge in [0.1, 0.15) is 0 Å². The highest BCUT2D eigenvalue weighted by Crippen LogP contribution is 2.33. The molecule has 0 aliphatic heterocycles. The van der Waals surface area contributed by atoms with Gasteiger partial charge >= 0.3 is 0 Å². The van der Waals surface area contributed by atoms with Gasteiger partial charge in [-0.2, -0.15) is 4.31 Å². The summed E-state index contributed by atoms with van der Waals surface area (Å²) in [6, 6.07) is 5.32. The first kappa shape index (κ1) is 15.5. The van der Waals surface area contributed by atoms with E-state index in [9.17, 15) is 8.42 Å². The monoisotopic (exact) mass is 296 g/mol. The molecule has 0 bridgehead atoms. The lowest BCUT2D eigenvalue weighted by molar-refractivity contribution is 0.341. The standard InChI is InChI=1S/C15H24N2O2S/c1-11(2)17(10-13-7-8-13)20(18,19)15-6-4-5-14(9-16)12(15)3/h4-6,11,13H,7-10,16H2,1-3H3. The largest absolute Gasteiger partial charge is 0.326 e. The van der Waals surface area contributed by atoms with Gasteiger partial charge in [0.25, 0.3) is 0 Å². The van der Waals surface area contributed by atoms with E-state index in [4.69, 9.17) is 5.73 Å². The Morgan fingerprint density at radius 1 is 1.35 bits per heavy atom. The lowest BCUT2D eigenvalue weighted by Gasteiger charge is -2.27. The molecule has 1 aliphatic carbocycles. The lowest BCUT2D eigenvalue weighted by atomic mass is 10.1. The summed E-state index contributed by atoms with van der Waals surface area (Å²) >= 11 is 0. The third kappa shape index (κ3) is 3.05. The van der Waals surface area contributed by atoms with E-state index in [0.717, 1.165) is 24.0 Å². The summed E-state index contributed by atoms with van der Waals surface area (Å²) in [5, 5.41) is 0. The van der Waals surface area contributed by atoms with E-state index >= 15 is 0 Å².